The molecule has 4 heteroatoms. The van der Waals surface area contributed by atoms with E-state index in [0.29, 0.717) is 5.56 Å². The molecule has 0 saturated heterocycles. The number of hydrogen-bond donors (Lipinski definition) is 0. The first kappa shape index (κ1) is 8.28. The van der Waals surface area contributed by atoms with Gasteiger partial charge >= 0.3 is 72.8 Å². The van der Waals surface area contributed by atoms with Gasteiger partial charge < -0.3 is 0 Å². The Labute approximate surface area is 73.3 Å². The topological polar surface area (TPSA) is 39.2 Å². The van der Waals surface area contributed by atoms with E-state index < -0.39 is 0 Å². The molecule has 0 aliphatic rings. The Bertz CT molecular complexity index is 258. The molecule has 0 aliphatic carbocycles. The van der Waals surface area contributed by atoms with E-state index in [4.69, 9.17) is 0 Å². The van der Waals surface area contributed by atoms with Crippen LogP contribution in [-0.4, -0.2) is 34.9 Å². The first-order chi connectivity index (χ1) is 5.24. The molecule has 0 N–H and O–H groups in total. The zero-order valence-corrected chi connectivity index (χ0v) is 7.82. The number of methoxy groups -OCH3 is 1. The molecule has 0 atom stereocenters. The summed E-state index contributed by atoms with van der Waals surface area (Å²) in [7, 11) is 1.35. The molecule has 1 rings (SSSR count). The number of ether oxygens (including phenoxy) is 1. The number of aromatic nitrogens is 1. The molecule has 0 fully saturated rings. The molecule has 1 aromatic rings. The van der Waals surface area contributed by atoms with Gasteiger partial charge in [0.2, 0.25) is 0 Å². The number of carbonyl (C=O) groups excluding carboxylic acids is 1. The first-order valence-electron chi connectivity index (χ1n) is 2.97. The second-order valence-corrected chi connectivity index (χ2v) is 2.86. The van der Waals surface area contributed by atoms with Crippen LogP contribution in [0.3, 0.4) is 0 Å². The molecule has 11 heavy (non-hydrogen) atoms. The summed E-state index contributed by atoms with van der Waals surface area (Å²) in [5.41, 5.74) is 0.474. The van der Waals surface area contributed by atoms with E-state index in [0.717, 1.165) is 4.48 Å². The van der Waals surface area contributed by atoms with Crippen LogP contribution in [0.25, 0.3) is 0 Å². The van der Waals surface area contributed by atoms with E-state index >= 15 is 0 Å². The number of hydrogen-bond acceptors (Lipinski definition) is 3. The minimum atomic E-state index is -0.356. The van der Waals surface area contributed by atoms with Crippen LogP contribution in [-0.2, 0) is 4.74 Å². The van der Waals surface area contributed by atoms with Crippen LogP contribution in [0, 0.1) is 0 Å². The van der Waals surface area contributed by atoms with E-state index in [2.05, 4.69) is 26.6 Å². The monoisotopic (exact) mass is 211 g/mol. The summed E-state index contributed by atoms with van der Waals surface area (Å²) < 4.78 is 5.32. The second kappa shape index (κ2) is 3.53. The average Bonchev–Trinajstić information content (AvgIpc) is 2.05. The van der Waals surface area contributed by atoms with Gasteiger partial charge in [0, 0.05) is 0 Å². The Kier molecular flexibility index (Phi) is 2.66. The van der Waals surface area contributed by atoms with Crippen LogP contribution in [0.4, 0.5) is 0 Å². The molecule has 56 valence electrons. The van der Waals surface area contributed by atoms with Gasteiger partial charge in [-0.05, 0) is 0 Å². The number of rotatable bonds is 1. The van der Waals surface area contributed by atoms with Crippen molar-refractivity contribution in [3.63, 3.8) is 0 Å². The van der Waals surface area contributed by atoms with Crippen LogP contribution in [0.1, 0.15) is 10.4 Å². The normalized spacial score (nSPS) is 9.27. The third-order valence-corrected chi connectivity index (χ3v) is 1.72. The van der Waals surface area contributed by atoms with Crippen LogP contribution in [0.5, 0.6) is 0 Å². The van der Waals surface area contributed by atoms with Crippen molar-refractivity contribution < 1.29 is 9.53 Å². The quantitative estimate of drug-likeness (QED) is 0.471. The predicted octanol–water partition coefficient (Wildman–Crippen LogP) is -0.338. The van der Waals surface area contributed by atoms with E-state index in [1.165, 1.54) is 13.3 Å². The number of pyridine rings is 1. The fraction of sp³-hybridized carbons (Fsp3) is 0.143. The molecule has 2 radical (unpaired) electrons. The Morgan fingerprint density at radius 2 is 2.36 bits per heavy atom. The van der Waals surface area contributed by atoms with Crippen molar-refractivity contribution in [3.8, 4) is 0 Å². The molecule has 1 heterocycles. The molecule has 0 spiro atoms. The Balaban J connectivity index is 2.90. The summed E-state index contributed by atoms with van der Waals surface area (Å²) in [5, 5.41) is 0. The van der Waals surface area contributed by atoms with Gasteiger partial charge in [0.05, 0.1) is 0 Å². The van der Waals surface area contributed by atoms with Gasteiger partial charge in [-0.3, -0.25) is 0 Å². The summed E-state index contributed by atoms with van der Waals surface area (Å²) in [6, 6.07) is 3.42. The first-order valence-corrected chi connectivity index (χ1v) is 3.91. The number of carbonyl (C=O) groups is 1. The van der Waals surface area contributed by atoms with Crippen LogP contribution < -0.4 is 4.48 Å². The molecular formula is C7H6AsNO2. The number of esters is 1. The van der Waals surface area contributed by atoms with Gasteiger partial charge in [-0.1, -0.05) is 0 Å². The zero-order valence-electron chi connectivity index (χ0n) is 5.94. The van der Waals surface area contributed by atoms with Crippen LogP contribution in [0.2, 0.25) is 0 Å². The van der Waals surface area contributed by atoms with Gasteiger partial charge in [-0.15, -0.1) is 0 Å². The van der Waals surface area contributed by atoms with E-state index in [-0.39, 0.29) is 5.97 Å². The molecule has 0 saturated carbocycles. The van der Waals surface area contributed by atoms with Crippen molar-refractivity contribution in [2.75, 3.05) is 7.11 Å². The van der Waals surface area contributed by atoms with Gasteiger partial charge in [-0.25, -0.2) is 0 Å². The standard InChI is InChI=1S/C7H6AsNO2/c1-11-7(10)5-2-3-6(8)9-4-5/h2-4H,1H3. The fourth-order valence-electron chi connectivity index (χ4n) is 0.625. The molecule has 0 aliphatic heterocycles. The van der Waals surface area contributed by atoms with Gasteiger partial charge in [0.1, 0.15) is 0 Å². The fourth-order valence-corrected chi connectivity index (χ4v) is 0.902. The third kappa shape index (κ3) is 2.05. The van der Waals surface area contributed by atoms with Crippen molar-refractivity contribution in [1.82, 2.24) is 4.98 Å². The maximum atomic E-state index is 10.9. The Morgan fingerprint density at radius 3 is 2.82 bits per heavy atom. The molecule has 3 nitrogen and oxygen atoms in total. The summed E-state index contributed by atoms with van der Waals surface area (Å²) >= 11 is 2.29. The predicted molar refractivity (Wildman–Crippen MR) is 41.0 cm³/mol. The Hall–Kier alpha value is -0.822. The van der Waals surface area contributed by atoms with Gasteiger partial charge in [0.25, 0.3) is 0 Å². The molecule has 0 amide bonds. The summed E-state index contributed by atoms with van der Waals surface area (Å²) in [6.45, 7) is 0. The zero-order chi connectivity index (χ0) is 8.27. The van der Waals surface area contributed by atoms with E-state index in [1.54, 1.807) is 12.1 Å². The molecule has 0 unspecified atom stereocenters. The molecular weight excluding hydrogens is 205 g/mol. The van der Waals surface area contributed by atoms with Gasteiger partial charge in [-0.2, -0.15) is 0 Å². The van der Waals surface area contributed by atoms with Crippen molar-refractivity contribution in [3.05, 3.63) is 23.9 Å². The van der Waals surface area contributed by atoms with E-state index in [1.807, 2.05) is 0 Å². The van der Waals surface area contributed by atoms with Gasteiger partial charge in [0.15, 0.2) is 0 Å². The Morgan fingerprint density at radius 1 is 1.64 bits per heavy atom. The third-order valence-electron chi connectivity index (χ3n) is 1.17. The van der Waals surface area contributed by atoms with Crippen LogP contribution in [0.15, 0.2) is 18.3 Å². The van der Waals surface area contributed by atoms with Crippen molar-refractivity contribution in [2.45, 2.75) is 0 Å². The second-order valence-electron chi connectivity index (χ2n) is 1.90. The minimum absolute atomic E-state index is 0.356. The van der Waals surface area contributed by atoms with Crippen molar-refractivity contribution in [1.29, 1.82) is 0 Å². The van der Waals surface area contributed by atoms with Crippen molar-refractivity contribution in [2.24, 2.45) is 0 Å². The molecule has 1 aromatic heterocycles. The number of nitrogens with zero attached hydrogens (tertiary/aromatic N) is 1. The molecule has 0 bridgehead atoms. The SMILES string of the molecule is COC(=O)c1ccc([As])nc1. The maximum absolute atomic E-state index is 10.9. The van der Waals surface area contributed by atoms with E-state index in [9.17, 15) is 4.79 Å². The average molecular weight is 211 g/mol. The van der Waals surface area contributed by atoms with Crippen molar-refractivity contribution >= 4 is 27.3 Å². The summed E-state index contributed by atoms with van der Waals surface area (Å²) in [5.74, 6) is -0.356. The summed E-state index contributed by atoms with van der Waals surface area (Å²) in [6.07, 6.45) is 1.49. The molecule has 0 aromatic carbocycles. The van der Waals surface area contributed by atoms with Crippen LogP contribution >= 0.6 is 0 Å². The summed E-state index contributed by atoms with van der Waals surface area (Å²) in [4.78, 5) is 14.8.